The quantitative estimate of drug-likeness (QED) is 0.919. The lowest BCUT2D eigenvalue weighted by atomic mass is 10.0. The molecule has 2 N–H and O–H groups in total. The van der Waals surface area contributed by atoms with Gasteiger partial charge in [-0.05, 0) is 18.2 Å². The van der Waals surface area contributed by atoms with Crippen molar-refractivity contribution >= 4 is 21.6 Å². The largest absolute Gasteiger partial charge is 0.366 e. The Labute approximate surface area is 123 Å². The molecule has 6 nitrogen and oxygen atoms in total. The van der Waals surface area contributed by atoms with Crippen LogP contribution in [0.25, 0.3) is 11.3 Å². The molecule has 0 atom stereocenters. The maximum absolute atomic E-state index is 11.7. The van der Waals surface area contributed by atoms with Gasteiger partial charge in [0.15, 0.2) is 0 Å². The minimum Gasteiger partial charge on any atom is -0.366 e. The van der Waals surface area contributed by atoms with Gasteiger partial charge < -0.3 is 5.73 Å². The van der Waals surface area contributed by atoms with E-state index in [1.807, 2.05) is 0 Å². The smallest absolute Gasteiger partial charge is 0.250 e. The van der Waals surface area contributed by atoms with Crippen molar-refractivity contribution in [2.75, 3.05) is 17.6 Å². The van der Waals surface area contributed by atoms with Crippen LogP contribution in [0.4, 0.5) is 5.69 Å². The van der Waals surface area contributed by atoms with E-state index in [0.717, 1.165) is 10.6 Å². The SMILES string of the molecule is CN(c1ccccc1-c1ncccc1C(N)=O)S(C)(=O)=O. The van der Waals surface area contributed by atoms with E-state index < -0.39 is 15.9 Å². The molecule has 0 fully saturated rings. The van der Waals surface area contributed by atoms with Crippen LogP contribution in [0.1, 0.15) is 10.4 Å². The van der Waals surface area contributed by atoms with Gasteiger partial charge in [0.05, 0.1) is 23.2 Å². The molecule has 110 valence electrons. The molecule has 0 saturated carbocycles. The van der Waals surface area contributed by atoms with Crippen LogP contribution in [-0.2, 0) is 10.0 Å². The lowest BCUT2D eigenvalue weighted by Gasteiger charge is -2.20. The number of carbonyl (C=O) groups is 1. The molecule has 0 spiro atoms. The zero-order valence-corrected chi connectivity index (χ0v) is 12.5. The summed E-state index contributed by atoms with van der Waals surface area (Å²) < 4.78 is 24.6. The number of primary amides is 1. The van der Waals surface area contributed by atoms with E-state index in [-0.39, 0.29) is 5.56 Å². The maximum atomic E-state index is 11.7. The first-order chi connectivity index (χ1) is 9.82. The van der Waals surface area contributed by atoms with Gasteiger partial charge in [-0.3, -0.25) is 14.1 Å². The van der Waals surface area contributed by atoms with E-state index in [4.69, 9.17) is 5.73 Å². The van der Waals surface area contributed by atoms with Gasteiger partial charge in [0.1, 0.15) is 0 Å². The van der Waals surface area contributed by atoms with Gasteiger partial charge in [-0.15, -0.1) is 0 Å². The highest BCUT2D eigenvalue weighted by Crippen LogP contribution is 2.31. The minimum atomic E-state index is -3.43. The van der Waals surface area contributed by atoms with Gasteiger partial charge in [0.25, 0.3) is 5.91 Å². The van der Waals surface area contributed by atoms with E-state index in [0.29, 0.717) is 16.9 Å². The monoisotopic (exact) mass is 305 g/mol. The van der Waals surface area contributed by atoms with Crippen molar-refractivity contribution in [2.45, 2.75) is 0 Å². The fourth-order valence-electron chi connectivity index (χ4n) is 1.95. The molecule has 0 radical (unpaired) electrons. The average Bonchev–Trinajstić information content (AvgIpc) is 2.45. The van der Waals surface area contributed by atoms with Crippen molar-refractivity contribution < 1.29 is 13.2 Å². The number of anilines is 1. The number of hydrogen-bond acceptors (Lipinski definition) is 4. The number of carbonyl (C=O) groups excluding carboxylic acids is 1. The Morgan fingerprint density at radius 3 is 2.48 bits per heavy atom. The van der Waals surface area contributed by atoms with E-state index in [9.17, 15) is 13.2 Å². The number of pyridine rings is 1. The van der Waals surface area contributed by atoms with Crippen molar-refractivity contribution in [1.82, 2.24) is 4.98 Å². The minimum absolute atomic E-state index is 0.242. The Hall–Kier alpha value is -2.41. The standard InChI is InChI=1S/C14H15N3O3S/c1-17(21(2,19)20)12-8-4-3-6-10(12)13-11(14(15)18)7-5-9-16-13/h3-9H,1-2H3,(H2,15,18). The first-order valence-electron chi connectivity index (χ1n) is 6.10. The molecule has 0 aliphatic rings. The summed E-state index contributed by atoms with van der Waals surface area (Å²) in [5, 5.41) is 0. The second kappa shape index (κ2) is 5.53. The summed E-state index contributed by atoms with van der Waals surface area (Å²) in [5.41, 5.74) is 6.91. The zero-order chi connectivity index (χ0) is 15.6. The molecule has 0 saturated heterocycles. The van der Waals surface area contributed by atoms with Crippen molar-refractivity contribution in [2.24, 2.45) is 5.73 Å². The molecule has 2 aromatic rings. The third-order valence-corrected chi connectivity index (χ3v) is 4.26. The Bertz CT molecular complexity index is 788. The van der Waals surface area contributed by atoms with Crippen LogP contribution in [0.15, 0.2) is 42.6 Å². The predicted molar refractivity (Wildman–Crippen MR) is 81.4 cm³/mol. The third kappa shape index (κ3) is 3.03. The Kier molecular flexibility index (Phi) is 3.95. The summed E-state index contributed by atoms with van der Waals surface area (Å²) in [6, 6.07) is 9.97. The Morgan fingerprint density at radius 2 is 1.86 bits per heavy atom. The molecule has 0 unspecified atom stereocenters. The molecule has 0 aliphatic heterocycles. The zero-order valence-electron chi connectivity index (χ0n) is 11.6. The second-order valence-corrected chi connectivity index (χ2v) is 6.53. The third-order valence-electron chi connectivity index (χ3n) is 3.07. The summed E-state index contributed by atoms with van der Waals surface area (Å²) in [7, 11) is -1.98. The van der Waals surface area contributed by atoms with Gasteiger partial charge in [-0.1, -0.05) is 18.2 Å². The highest BCUT2D eigenvalue weighted by molar-refractivity contribution is 7.92. The average molecular weight is 305 g/mol. The molecule has 1 heterocycles. The molecule has 7 heteroatoms. The molecule has 1 aromatic heterocycles. The van der Waals surface area contributed by atoms with E-state index in [1.54, 1.807) is 36.4 Å². The van der Waals surface area contributed by atoms with E-state index >= 15 is 0 Å². The van der Waals surface area contributed by atoms with Crippen LogP contribution in [0.5, 0.6) is 0 Å². The maximum Gasteiger partial charge on any atom is 0.250 e. The van der Waals surface area contributed by atoms with Crippen LogP contribution in [0, 0.1) is 0 Å². The molecule has 2 rings (SSSR count). The second-order valence-electron chi connectivity index (χ2n) is 4.51. The number of nitrogens with zero attached hydrogens (tertiary/aromatic N) is 2. The number of hydrogen-bond donors (Lipinski definition) is 1. The summed E-state index contributed by atoms with van der Waals surface area (Å²) in [6.07, 6.45) is 2.64. The molecule has 21 heavy (non-hydrogen) atoms. The van der Waals surface area contributed by atoms with Gasteiger partial charge in [-0.2, -0.15) is 0 Å². The number of sulfonamides is 1. The normalized spacial score (nSPS) is 11.1. The molecule has 0 bridgehead atoms. The molecule has 0 aliphatic carbocycles. The summed E-state index contributed by atoms with van der Waals surface area (Å²) in [4.78, 5) is 15.7. The Balaban J connectivity index is 2.70. The molecular formula is C14H15N3O3S. The summed E-state index contributed by atoms with van der Waals surface area (Å²) in [6.45, 7) is 0. The van der Waals surface area contributed by atoms with Gasteiger partial charge >= 0.3 is 0 Å². The van der Waals surface area contributed by atoms with Gasteiger partial charge in [-0.25, -0.2) is 8.42 Å². The fourth-order valence-corrected chi connectivity index (χ4v) is 2.46. The summed E-state index contributed by atoms with van der Waals surface area (Å²) >= 11 is 0. The highest BCUT2D eigenvalue weighted by Gasteiger charge is 2.19. The fraction of sp³-hybridized carbons (Fsp3) is 0.143. The molecule has 1 aromatic carbocycles. The lowest BCUT2D eigenvalue weighted by Crippen LogP contribution is -2.25. The van der Waals surface area contributed by atoms with Crippen LogP contribution in [0.3, 0.4) is 0 Å². The first-order valence-corrected chi connectivity index (χ1v) is 7.95. The van der Waals surface area contributed by atoms with Gasteiger partial charge in [0.2, 0.25) is 10.0 Å². The number of benzene rings is 1. The number of nitrogens with two attached hydrogens (primary N) is 1. The van der Waals surface area contributed by atoms with Crippen LogP contribution in [0.2, 0.25) is 0 Å². The lowest BCUT2D eigenvalue weighted by molar-refractivity contribution is 0.100. The van der Waals surface area contributed by atoms with E-state index in [1.165, 1.54) is 13.2 Å². The first kappa shape index (κ1) is 15.0. The van der Waals surface area contributed by atoms with Crippen molar-refractivity contribution in [3.63, 3.8) is 0 Å². The highest BCUT2D eigenvalue weighted by atomic mass is 32.2. The number of amides is 1. The molecule has 1 amide bonds. The van der Waals surface area contributed by atoms with E-state index in [2.05, 4.69) is 4.98 Å². The predicted octanol–water partition coefficient (Wildman–Crippen LogP) is 1.24. The molecular weight excluding hydrogens is 290 g/mol. The summed E-state index contributed by atoms with van der Waals surface area (Å²) in [5.74, 6) is -0.616. The van der Waals surface area contributed by atoms with Crippen LogP contribution >= 0.6 is 0 Å². The topological polar surface area (TPSA) is 93.4 Å². The van der Waals surface area contributed by atoms with Crippen LogP contribution < -0.4 is 10.0 Å². The Morgan fingerprint density at radius 1 is 1.19 bits per heavy atom. The van der Waals surface area contributed by atoms with Gasteiger partial charge in [0, 0.05) is 18.8 Å². The van der Waals surface area contributed by atoms with Crippen molar-refractivity contribution in [1.29, 1.82) is 0 Å². The van der Waals surface area contributed by atoms with Crippen LogP contribution in [-0.4, -0.2) is 32.6 Å². The van der Waals surface area contributed by atoms with Crippen molar-refractivity contribution in [3.05, 3.63) is 48.2 Å². The van der Waals surface area contributed by atoms with Crippen molar-refractivity contribution in [3.8, 4) is 11.3 Å². The number of para-hydroxylation sites is 1. The number of aromatic nitrogens is 1. The number of rotatable bonds is 4.